The molecule has 1 amide bonds. The second-order valence-corrected chi connectivity index (χ2v) is 8.83. The molecule has 6 nitrogen and oxygen atoms in total. The fourth-order valence-corrected chi connectivity index (χ4v) is 4.32. The molecule has 1 aliphatic rings. The second kappa shape index (κ2) is 9.55. The third-order valence-electron chi connectivity index (χ3n) is 4.26. The van der Waals surface area contributed by atoms with Crippen LogP contribution in [-0.2, 0) is 11.3 Å². The zero-order valence-electron chi connectivity index (χ0n) is 15.9. The Morgan fingerprint density at radius 3 is 2.84 bits per heavy atom. The van der Waals surface area contributed by atoms with Gasteiger partial charge in [-0.05, 0) is 65.9 Å². The standard InChI is InChI=1S/C22H15BrClN3O3S/c23-16-4-1-3-14(9-16)12-25-26-22-27(13-18-5-2-8-30-18)21(29)20(31-22)11-15-10-17(24)6-7-19(15)28/h1-12,28H,13H2/b20-11-,25-12-,26-22+. The molecule has 156 valence electrons. The average Bonchev–Trinajstić information content (AvgIpc) is 3.35. The lowest BCUT2D eigenvalue weighted by Crippen LogP contribution is -2.28. The minimum absolute atomic E-state index is 0.0287. The van der Waals surface area contributed by atoms with E-state index in [1.54, 1.807) is 42.8 Å². The molecule has 0 bridgehead atoms. The molecule has 0 saturated carbocycles. The number of phenolic OH excluding ortho intramolecular Hbond substituents is 1. The number of halogens is 2. The summed E-state index contributed by atoms with van der Waals surface area (Å²) in [6, 6.07) is 15.8. The number of amides is 1. The van der Waals surface area contributed by atoms with Crippen LogP contribution in [0.4, 0.5) is 0 Å². The molecule has 0 unspecified atom stereocenters. The van der Waals surface area contributed by atoms with Gasteiger partial charge in [0.15, 0.2) is 5.17 Å². The number of thioether (sulfide) groups is 1. The normalized spacial score (nSPS) is 16.8. The predicted molar refractivity (Wildman–Crippen MR) is 127 cm³/mol. The molecule has 0 atom stereocenters. The third kappa shape index (κ3) is 5.28. The van der Waals surface area contributed by atoms with Crippen LogP contribution >= 0.6 is 39.3 Å². The van der Waals surface area contributed by atoms with E-state index in [-0.39, 0.29) is 18.2 Å². The molecule has 31 heavy (non-hydrogen) atoms. The Morgan fingerprint density at radius 1 is 1.19 bits per heavy atom. The van der Waals surface area contributed by atoms with E-state index in [1.807, 2.05) is 24.3 Å². The van der Waals surface area contributed by atoms with Gasteiger partial charge in [-0.15, -0.1) is 5.10 Å². The van der Waals surface area contributed by atoms with E-state index in [0.717, 1.165) is 10.0 Å². The SMILES string of the molecule is O=C1/C(=C/c2cc(Cl)ccc2O)S/C(=N/N=C\c2cccc(Br)c2)N1Cc1ccco1. The van der Waals surface area contributed by atoms with Crippen molar-refractivity contribution >= 4 is 62.7 Å². The molecule has 0 aliphatic carbocycles. The maximum Gasteiger partial charge on any atom is 0.267 e. The van der Waals surface area contributed by atoms with E-state index < -0.39 is 0 Å². The maximum atomic E-state index is 13.1. The molecule has 2 heterocycles. The van der Waals surface area contributed by atoms with Crippen molar-refractivity contribution in [3.05, 3.63) is 92.1 Å². The van der Waals surface area contributed by atoms with Gasteiger partial charge < -0.3 is 9.52 Å². The van der Waals surface area contributed by atoms with Crippen LogP contribution in [0.5, 0.6) is 5.75 Å². The number of phenols is 1. The molecule has 0 spiro atoms. The highest BCUT2D eigenvalue weighted by molar-refractivity contribution is 9.10. The number of amidine groups is 1. The number of hydrogen-bond acceptors (Lipinski definition) is 6. The summed E-state index contributed by atoms with van der Waals surface area (Å²) in [5.74, 6) is 0.377. The van der Waals surface area contributed by atoms with Crippen molar-refractivity contribution in [2.45, 2.75) is 6.54 Å². The molecule has 3 aromatic rings. The Balaban J connectivity index is 1.65. The molecule has 2 aromatic carbocycles. The van der Waals surface area contributed by atoms with Gasteiger partial charge in [0.05, 0.1) is 23.9 Å². The number of benzene rings is 2. The summed E-state index contributed by atoms with van der Waals surface area (Å²) in [7, 11) is 0. The minimum Gasteiger partial charge on any atom is -0.507 e. The lowest BCUT2D eigenvalue weighted by Gasteiger charge is -2.12. The second-order valence-electron chi connectivity index (χ2n) is 6.47. The van der Waals surface area contributed by atoms with E-state index in [4.69, 9.17) is 16.0 Å². The van der Waals surface area contributed by atoms with Gasteiger partial charge >= 0.3 is 0 Å². The Hall–Kier alpha value is -2.81. The summed E-state index contributed by atoms with van der Waals surface area (Å²) in [4.78, 5) is 14.9. The van der Waals surface area contributed by atoms with Gasteiger partial charge in [-0.2, -0.15) is 5.10 Å². The van der Waals surface area contributed by atoms with Crippen LogP contribution in [0.1, 0.15) is 16.9 Å². The van der Waals surface area contributed by atoms with Gasteiger partial charge in [-0.1, -0.05) is 39.7 Å². The van der Waals surface area contributed by atoms with Crippen molar-refractivity contribution < 1.29 is 14.3 Å². The Labute approximate surface area is 196 Å². The topological polar surface area (TPSA) is 78.4 Å². The van der Waals surface area contributed by atoms with Gasteiger partial charge in [0, 0.05) is 15.1 Å². The summed E-state index contributed by atoms with van der Waals surface area (Å²) >= 11 is 10.6. The molecule has 1 saturated heterocycles. The van der Waals surface area contributed by atoms with Crippen LogP contribution in [-0.4, -0.2) is 27.3 Å². The Bertz CT molecular complexity index is 1210. The highest BCUT2D eigenvalue weighted by Gasteiger charge is 2.34. The zero-order valence-corrected chi connectivity index (χ0v) is 19.1. The summed E-state index contributed by atoms with van der Waals surface area (Å²) < 4.78 is 6.32. The van der Waals surface area contributed by atoms with Crippen LogP contribution in [0.2, 0.25) is 5.02 Å². The smallest absolute Gasteiger partial charge is 0.267 e. The number of hydrogen-bond donors (Lipinski definition) is 1. The van der Waals surface area contributed by atoms with Crippen molar-refractivity contribution in [1.82, 2.24) is 4.90 Å². The number of carbonyl (C=O) groups is 1. The van der Waals surface area contributed by atoms with Crippen molar-refractivity contribution in [2.24, 2.45) is 10.2 Å². The maximum absolute atomic E-state index is 13.1. The third-order valence-corrected chi connectivity index (χ3v) is 5.98. The molecular weight excluding hydrogens is 502 g/mol. The number of rotatable bonds is 5. The largest absolute Gasteiger partial charge is 0.507 e. The minimum atomic E-state index is -0.266. The van der Waals surface area contributed by atoms with E-state index in [0.29, 0.717) is 26.4 Å². The summed E-state index contributed by atoms with van der Waals surface area (Å²) in [6.45, 7) is 0.211. The monoisotopic (exact) mass is 515 g/mol. The summed E-state index contributed by atoms with van der Waals surface area (Å²) in [5, 5.41) is 19.4. The van der Waals surface area contributed by atoms with Crippen LogP contribution in [0, 0.1) is 0 Å². The van der Waals surface area contributed by atoms with Crippen molar-refractivity contribution in [1.29, 1.82) is 0 Å². The predicted octanol–water partition coefficient (Wildman–Crippen LogP) is 5.91. The number of furan rings is 1. The summed E-state index contributed by atoms with van der Waals surface area (Å²) in [5.41, 5.74) is 1.31. The quantitative estimate of drug-likeness (QED) is 0.260. The first-order valence-electron chi connectivity index (χ1n) is 9.08. The van der Waals surface area contributed by atoms with Gasteiger partial charge in [-0.3, -0.25) is 9.69 Å². The zero-order chi connectivity index (χ0) is 21.8. The van der Waals surface area contributed by atoms with Gasteiger partial charge in [0.1, 0.15) is 11.5 Å². The highest BCUT2D eigenvalue weighted by Crippen LogP contribution is 2.35. The molecular formula is C22H15BrClN3O3S. The Morgan fingerprint density at radius 2 is 2.06 bits per heavy atom. The van der Waals surface area contributed by atoms with Gasteiger partial charge in [0.25, 0.3) is 5.91 Å². The van der Waals surface area contributed by atoms with Crippen molar-refractivity contribution in [3.63, 3.8) is 0 Å². The molecule has 9 heteroatoms. The summed E-state index contributed by atoms with van der Waals surface area (Å²) in [6.07, 6.45) is 4.74. The van der Waals surface area contributed by atoms with Crippen molar-refractivity contribution in [3.8, 4) is 5.75 Å². The number of aromatic hydroxyl groups is 1. The van der Waals surface area contributed by atoms with E-state index in [9.17, 15) is 9.90 Å². The molecule has 1 aliphatic heterocycles. The van der Waals surface area contributed by atoms with E-state index >= 15 is 0 Å². The lowest BCUT2D eigenvalue weighted by atomic mass is 10.2. The van der Waals surface area contributed by atoms with E-state index in [1.165, 1.54) is 22.7 Å². The molecule has 1 N–H and O–H groups in total. The van der Waals surface area contributed by atoms with E-state index in [2.05, 4.69) is 26.1 Å². The number of nitrogens with zero attached hydrogens (tertiary/aromatic N) is 3. The first-order valence-corrected chi connectivity index (χ1v) is 11.1. The van der Waals surface area contributed by atoms with Gasteiger partial charge in [-0.25, -0.2) is 0 Å². The first kappa shape index (κ1) is 21.4. The van der Waals surface area contributed by atoms with Crippen LogP contribution in [0.3, 0.4) is 0 Å². The fraction of sp³-hybridized carbons (Fsp3) is 0.0455. The van der Waals surface area contributed by atoms with Crippen LogP contribution in [0.25, 0.3) is 6.08 Å². The molecule has 4 rings (SSSR count). The Kier molecular flexibility index (Phi) is 6.60. The average molecular weight is 517 g/mol. The fourth-order valence-electron chi connectivity index (χ4n) is 2.79. The first-order chi connectivity index (χ1) is 15.0. The van der Waals surface area contributed by atoms with Gasteiger partial charge in [0.2, 0.25) is 0 Å². The van der Waals surface area contributed by atoms with Crippen LogP contribution < -0.4 is 0 Å². The molecule has 1 aromatic heterocycles. The lowest BCUT2D eigenvalue weighted by molar-refractivity contribution is -0.122. The van der Waals surface area contributed by atoms with Crippen molar-refractivity contribution in [2.75, 3.05) is 0 Å². The molecule has 0 radical (unpaired) electrons. The molecule has 1 fully saturated rings. The van der Waals surface area contributed by atoms with Crippen LogP contribution in [0.15, 0.2) is 84.9 Å². The highest BCUT2D eigenvalue weighted by atomic mass is 79.9. The number of carbonyl (C=O) groups excluding carboxylic acids is 1.